The zero-order valence-electron chi connectivity index (χ0n) is 16.3. The Morgan fingerprint density at radius 2 is 1.60 bits per heavy atom. The van der Waals surface area contributed by atoms with Gasteiger partial charge in [-0.15, -0.1) is 0 Å². The number of rotatable bonds is 1. The van der Waals surface area contributed by atoms with Gasteiger partial charge in [0.05, 0.1) is 0 Å². The molecule has 1 nitrogen and oxygen atoms in total. The summed E-state index contributed by atoms with van der Waals surface area (Å²) in [5.41, 5.74) is 4.80. The monoisotopic (exact) mass is 336 g/mol. The summed E-state index contributed by atoms with van der Waals surface area (Å²) in [5.74, 6) is 1.09. The van der Waals surface area contributed by atoms with Crippen molar-refractivity contribution < 1.29 is 4.74 Å². The lowest BCUT2D eigenvalue weighted by molar-refractivity contribution is 0.0744. The largest absolute Gasteiger partial charge is 0.483 e. The number of hydrogen-bond acceptors (Lipinski definition) is 1. The zero-order valence-corrected chi connectivity index (χ0v) is 16.3. The molecule has 1 heteroatoms. The van der Waals surface area contributed by atoms with Gasteiger partial charge in [-0.3, -0.25) is 0 Å². The van der Waals surface area contributed by atoms with Gasteiger partial charge in [0.25, 0.3) is 0 Å². The maximum Gasteiger partial charge on any atom is 0.128 e. The Morgan fingerprint density at radius 3 is 2.32 bits per heavy atom. The molecule has 0 N–H and O–H groups in total. The van der Waals surface area contributed by atoms with Crippen LogP contribution in [-0.2, 0) is 0 Å². The van der Waals surface area contributed by atoms with E-state index in [1.807, 2.05) is 0 Å². The molecule has 25 heavy (non-hydrogen) atoms. The molecule has 0 radical (unpaired) electrons. The smallest absolute Gasteiger partial charge is 0.128 e. The summed E-state index contributed by atoms with van der Waals surface area (Å²) in [6, 6.07) is 8.67. The number of fused-ring (bicyclic) bond motifs is 1. The van der Waals surface area contributed by atoms with Crippen LogP contribution in [0.2, 0.25) is 0 Å². The number of para-hydroxylation sites is 1. The zero-order chi connectivity index (χ0) is 17.7. The van der Waals surface area contributed by atoms with Crippen molar-refractivity contribution in [3.05, 3.63) is 47.6 Å². The van der Waals surface area contributed by atoms with E-state index >= 15 is 0 Å². The molecule has 1 aromatic rings. The van der Waals surface area contributed by atoms with E-state index < -0.39 is 0 Å². The summed E-state index contributed by atoms with van der Waals surface area (Å²) in [4.78, 5) is 0. The Hall–Kier alpha value is -1.50. The van der Waals surface area contributed by atoms with Gasteiger partial charge < -0.3 is 4.74 Å². The number of allylic oxidation sites excluding steroid dienone is 3. The number of ether oxygens (including phenoxy) is 1. The van der Waals surface area contributed by atoms with Gasteiger partial charge >= 0.3 is 0 Å². The van der Waals surface area contributed by atoms with E-state index in [-0.39, 0.29) is 11.0 Å². The highest BCUT2D eigenvalue weighted by Gasteiger charge is 2.40. The molecule has 3 aliphatic rings. The Bertz CT molecular complexity index is 726. The van der Waals surface area contributed by atoms with Crippen LogP contribution >= 0.6 is 0 Å². The molecule has 1 fully saturated rings. The highest BCUT2D eigenvalue weighted by molar-refractivity contribution is 5.84. The Balaban J connectivity index is 1.83. The van der Waals surface area contributed by atoms with E-state index in [9.17, 15) is 0 Å². The fourth-order valence-corrected chi connectivity index (χ4v) is 5.59. The molecule has 134 valence electrons. The van der Waals surface area contributed by atoms with Crippen molar-refractivity contribution in [3.63, 3.8) is 0 Å². The maximum atomic E-state index is 6.58. The quantitative estimate of drug-likeness (QED) is 0.540. The predicted octanol–water partition coefficient (Wildman–Crippen LogP) is 6.94. The molecule has 4 rings (SSSR count). The molecule has 1 aliphatic heterocycles. The first kappa shape index (κ1) is 16.9. The molecule has 0 aromatic heterocycles. The molecule has 0 atom stereocenters. The lowest BCUT2D eigenvalue weighted by atomic mass is 9.64. The lowest BCUT2D eigenvalue weighted by Crippen LogP contribution is -2.39. The van der Waals surface area contributed by atoms with Gasteiger partial charge in [0, 0.05) is 5.56 Å². The molecule has 1 saturated carbocycles. The van der Waals surface area contributed by atoms with E-state index in [1.165, 1.54) is 42.4 Å². The number of hydrogen-bond donors (Lipinski definition) is 0. The van der Waals surface area contributed by atoms with Gasteiger partial charge in [-0.25, -0.2) is 0 Å². The summed E-state index contributed by atoms with van der Waals surface area (Å²) in [6.07, 6.45) is 13.7. The first-order valence-electron chi connectivity index (χ1n) is 10.0. The standard InChI is InChI=1S/C24H32O/c1-22(2)14-18(15-23(3,4)17-22)20-16-24(12-8-5-9-13-24)25-21-11-7-6-10-19(20)21/h6-7,10-11,14,16H,5,8-9,12-13,15,17H2,1-4H3. The fraction of sp³-hybridized carbons (Fsp3) is 0.583. The van der Waals surface area contributed by atoms with Crippen LogP contribution in [0.1, 0.15) is 78.2 Å². The van der Waals surface area contributed by atoms with Crippen LogP contribution in [0.4, 0.5) is 0 Å². The average molecular weight is 337 g/mol. The van der Waals surface area contributed by atoms with E-state index in [0.717, 1.165) is 25.0 Å². The molecule has 2 aliphatic carbocycles. The SMILES string of the molecule is CC1(C)C=C(C2=CC3(CCCCC3)Oc3ccccc32)CC(C)(C)C1. The van der Waals surface area contributed by atoms with E-state index in [0.29, 0.717) is 5.41 Å². The second-order valence-electron chi connectivity index (χ2n) is 9.96. The normalized spacial score (nSPS) is 26.2. The Kier molecular flexibility index (Phi) is 3.90. The van der Waals surface area contributed by atoms with Crippen LogP contribution < -0.4 is 4.74 Å². The Labute approximate surface area is 153 Å². The number of benzene rings is 1. The second-order valence-corrected chi connectivity index (χ2v) is 9.96. The summed E-state index contributed by atoms with van der Waals surface area (Å²) in [7, 11) is 0. The van der Waals surface area contributed by atoms with Gasteiger partial charge in [-0.2, -0.15) is 0 Å². The van der Waals surface area contributed by atoms with Crippen LogP contribution in [0.25, 0.3) is 5.57 Å². The molecular formula is C24H32O. The van der Waals surface area contributed by atoms with Crippen LogP contribution in [0.3, 0.4) is 0 Å². The van der Waals surface area contributed by atoms with Gasteiger partial charge in [-0.1, -0.05) is 58.4 Å². The predicted molar refractivity (Wildman–Crippen MR) is 106 cm³/mol. The maximum absolute atomic E-state index is 6.58. The topological polar surface area (TPSA) is 9.23 Å². The van der Waals surface area contributed by atoms with Crippen LogP contribution in [0.5, 0.6) is 5.75 Å². The minimum Gasteiger partial charge on any atom is -0.483 e. The van der Waals surface area contributed by atoms with Gasteiger partial charge in [0.2, 0.25) is 0 Å². The van der Waals surface area contributed by atoms with Crippen molar-refractivity contribution in [2.24, 2.45) is 10.8 Å². The average Bonchev–Trinajstić information content (AvgIpc) is 2.52. The molecule has 1 spiro atoms. The van der Waals surface area contributed by atoms with Crippen LogP contribution in [0.15, 0.2) is 42.0 Å². The minimum atomic E-state index is -0.0749. The highest BCUT2D eigenvalue weighted by Crippen LogP contribution is 2.51. The fourth-order valence-electron chi connectivity index (χ4n) is 5.59. The van der Waals surface area contributed by atoms with E-state index in [2.05, 4.69) is 64.1 Å². The van der Waals surface area contributed by atoms with Gasteiger partial charge in [-0.05, 0) is 72.6 Å². The third-order valence-corrected chi connectivity index (χ3v) is 6.11. The highest BCUT2D eigenvalue weighted by atomic mass is 16.5. The molecule has 0 amide bonds. The molecule has 0 bridgehead atoms. The van der Waals surface area contributed by atoms with Crippen LogP contribution in [0, 0.1) is 10.8 Å². The summed E-state index contributed by atoms with van der Waals surface area (Å²) in [6.45, 7) is 9.61. The Morgan fingerprint density at radius 1 is 0.880 bits per heavy atom. The van der Waals surface area contributed by atoms with Crippen molar-refractivity contribution >= 4 is 5.57 Å². The van der Waals surface area contributed by atoms with E-state index in [4.69, 9.17) is 4.74 Å². The first-order chi connectivity index (χ1) is 11.8. The van der Waals surface area contributed by atoms with Crippen molar-refractivity contribution in [2.45, 2.75) is 78.2 Å². The minimum absolute atomic E-state index is 0.0749. The van der Waals surface area contributed by atoms with Crippen LogP contribution in [-0.4, -0.2) is 5.60 Å². The first-order valence-corrected chi connectivity index (χ1v) is 10.0. The molecule has 1 aromatic carbocycles. The van der Waals surface area contributed by atoms with Crippen molar-refractivity contribution in [3.8, 4) is 5.75 Å². The van der Waals surface area contributed by atoms with Crippen molar-refractivity contribution in [1.82, 2.24) is 0 Å². The summed E-state index contributed by atoms with van der Waals surface area (Å²) >= 11 is 0. The van der Waals surface area contributed by atoms with Gasteiger partial charge in [0.1, 0.15) is 11.4 Å². The van der Waals surface area contributed by atoms with Gasteiger partial charge in [0.15, 0.2) is 0 Å². The van der Waals surface area contributed by atoms with E-state index in [1.54, 1.807) is 0 Å². The van der Waals surface area contributed by atoms with Crippen molar-refractivity contribution in [1.29, 1.82) is 0 Å². The third-order valence-electron chi connectivity index (χ3n) is 6.11. The van der Waals surface area contributed by atoms with Crippen molar-refractivity contribution in [2.75, 3.05) is 0 Å². The summed E-state index contributed by atoms with van der Waals surface area (Å²) in [5, 5.41) is 0. The lowest BCUT2D eigenvalue weighted by Gasteiger charge is -2.43. The molecular weight excluding hydrogens is 304 g/mol. The summed E-state index contributed by atoms with van der Waals surface area (Å²) < 4.78 is 6.58. The second kappa shape index (κ2) is 5.76. The molecule has 0 saturated heterocycles. The molecule has 1 heterocycles. The molecule has 0 unspecified atom stereocenters. The third kappa shape index (κ3) is 3.30.